The van der Waals surface area contributed by atoms with E-state index in [1.807, 2.05) is 0 Å². The third kappa shape index (κ3) is 3.09. The summed E-state index contributed by atoms with van der Waals surface area (Å²) in [6.45, 7) is 1.83. The van der Waals surface area contributed by atoms with Crippen molar-refractivity contribution in [1.29, 1.82) is 0 Å². The normalized spacial score (nSPS) is 11.5. The van der Waals surface area contributed by atoms with E-state index >= 15 is 0 Å². The lowest BCUT2D eigenvalue weighted by atomic mass is 10.3. The summed E-state index contributed by atoms with van der Waals surface area (Å²) >= 11 is 11.5. The first kappa shape index (κ1) is 11.1. The molecule has 1 aromatic rings. The van der Waals surface area contributed by atoms with Crippen LogP contribution in [-0.2, 0) is 0 Å². The van der Waals surface area contributed by atoms with Gasteiger partial charge in [0.25, 0.3) is 0 Å². The maximum Gasteiger partial charge on any atom is 0.138 e. The molecule has 1 N–H and O–H groups in total. The molecular formula is C9H9Cl2NO2. The van der Waals surface area contributed by atoms with Crippen LogP contribution in [0.15, 0.2) is 23.4 Å². The molecule has 0 aliphatic carbocycles. The third-order valence-corrected chi connectivity index (χ3v) is 2.03. The number of oxime groups is 1. The van der Waals surface area contributed by atoms with Crippen LogP contribution in [0.3, 0.4) is 0 Å². The van der Waals surface area contributed by atoms with Gasteiger partial charge in [-0.2, -0.15) is 0 Å². The number of halogens is 2. The van der Waals surface area contributed by atoms with Crippen LogP contribution in [0.2, 0.25) is 10.0 Å². The van der Waals surface area contributed by atoms with E-state index in [1.165, 1.54) is 0 Å². The highest BCUT2D eigenvalue weighted by Gasteiger charge is 2.02. The summed E-state index contributed by atoms with van der Waals surface area (Å²) in [6, 6.07) is 4.92. The first-order valence-corrected chi connectivity index (χ1v) is 4.64. The van der Waals surface area contributed by atoms with E-state index in [2.05, 4.69) is 5.16 Å². The summed E-state index contributed by atoms with van der Waals surface area (Å²) in [5, 5.41) is 12.3. The average molecular weight is 234 g/mol. The summed E-state index contributed by atoms with van der Waals surface area (Å²) < 4.78 is 5.26. The number of hydrogen-bond acceptors (Lipinski definition) is 3. The van der Waals surface area contributed by atoms with Crippen molar-refractivity contribution in [1.82, 2.24) is 0 Å². The van der Waals surface area contributed by atoms with E-state index in [-0.39, 0.29) is 6.61 Å². The first-order chi connectivity index (χ1) is 6.63. The minimum atomic E-state index is 0.192. The Labute approximate surface area is 91.9 Å². The largest absolute Gasteiger partial charge is 0.486 e. The SMILES string of the molecule is C/C(COc1ccc(Cl)cc1Cl)=N/O. The molecule has 0 fully saturated rings. The molecule has 0 saturated heterocycles. The van der Waals surface area contributed by atoms with Gasteiger partial charge in [-0.25, -0.2) is 0 Å². The molecule has 76 valence electrons. The number of rotatable bonds is 3. The van der Waals surface area contributed by atoms with Crippen molar-refractivity contribution in [2.24, 2.45) is 5.16 Å². The molecule has 0 bridgehead atoms. The Hall–Kier alpha value is -0.930. The van der Waals surface area contributed by atoms with Gasteiger partial charge >= 0.3 is 0 Å². The van der Waals surface area contributed by atoms with Crippen LogP contribution in [0.25, 0.3) is 0 Å². The van der Waals surface area contributed by atoms with Gasteiger partial charge in [-0.15, -0.1) is 0 Å². The fraction of sp³-hybridized carbons (Fsp3) is 0.222. The smallest absolute Gasteiger partial charge is 0.138 e. The van der Waals surface area contributed by atoms with Gasteiger partial charge in [0, 0.05) is 5.02 Å². The molecular weight excluding hydrogens is 225 g/mol. The molecule has 0 aromatic heterocycles. The quantitative estimate of drug-likeness (QED) is 0.495. The van der Waals surface area contributed by atoms with E-state index in [9.17, 15) is 0 Å². The predicted octanol–water partition coefficient (Wildman–Crippen LogP) is 3.22. The van der Waals surface area contributed by atoms with Crippen LogP contribution in [0, 0.1) is 0 Å². The standard InChI is InChI=1S/C9H9Cl2NO2/c1-6(12-13)5-14-9-3-2-7(10)4-8(9)11/h2-4,13H,5H2,1H3/b12-6-. The van der Waals surface area contributed by atoms with Gasteiger partial charge in [0.05, 0.1) is 10.7 Å². The zero-order valence-corrected chi connectivity index (χ0v) is 9.01. The molecule has 3 nitrogen and oxygen atoms in total. The van der Waals surface area contributed by atoms with E-state index < -0.39 is 0 Å². The highest BCUT2D eigenvalue weighted by Crippen LogP contribution is 2.27. The van der Waals surface area contributed by atoms with Gasteiger partial charge in [0.2, 0.25) is 0 Å². The molecule has 0 heterocycles. The van der Waals surface area contributed by atoms with Crippen molar-refractivity contribution >= 4 is 28.9 Å². The molecule has 5 heteroatoms. The second kappa shape index (κ2) is 5.08. The maximum atomic E-state index is 8.38. The van der Waals surface area contributed by atoms with E-state index in [0.29, 0.717) is 21.5 Å². The monoisotopic (exact) mass is 233 g/mol. The molecule has 1 rings (SSSR count). The third-order valence-electron chi connectivity index (χ3n) is 1.50. The van der Waals surface area contributed by atoms with Gasteiger partial charge in [0.15, 0.2) is 0 Å². The van der Waals surface area contributed by atoms with Crippen molar-refractivity contribution in [2.75, 3.05) is 6.61 Å². The lowest BCUT2D eigenvalue weighted by Crippen LogP contribution is -2.07. The number of nitrogens with zero attached hydrogens (tertiary/aromatic N) is 1. The Morgan fingerprint density at radius 2 is 2.21 bits per heavy atom. The van der Waals surface area contributed by atoms with Crippen molar-refractivity contribution in [2.45, 2.75) is 6.92 Å². The lowest BCUT2D eigenvalue weighted by molar-refractivity contribution is 0.307. The van der Waals surface area contributed by atoms with Gasteiger partial charge in [0.1, 0.15) is 12.4 Å². The zero-order chi connectivity index (χ0) is 10.6. The van der Waals surface area contributed by atoms with Crippen molar-refractivity contribution < 1.29 is 9.94 Å². The second-order valence-corrected chi connectivity index (χ2v) is 3.54. The Morgan fingerprint density at radius 1 is 1.50 bits per heavy atom. The molecule has 0 unspecified atom stereocenters. The van der Waals surface area contributed by atoms with Gasteiger partial charge < -0.3 is 9.94 Å². The number of ether oxygens (including phenoxy) is 1. The summed E-state index contributed by atoms with van der Waals surface area (Å²) in [5.41, 5.74) is 0.469. The average Bonchev–Trinajstić information content (AvgIpc) is 2.16. The molecule has 0 saturated carbocycles. The predicted molar refractivity (Wildman–Crippen MR) is 56.9 cm³/mol. The van der Waals surface area contributed by atoms with Crippen molar-refractivity contribution in [3.05, 3.63) is 28.2 Å². The summed E-state index contributed by atoms with van der Waals surface area (Å²) in [5.74, 6) is 0.513. The van der Waals surface area contributed by atoms with Crippen LogP contribution in [0.4, 0.5) is 0 Å². The van der Waals surface area contributed by atoms with Crippen LogP contribution >= 0.6 is 23.2 Å². The molecule has 1 aromatic carbocycles. The summed E-state index contributed by atoms with van der Waals surface area (Å²) in [4.78, 5) is 0. The molecule has 0 aliphatic rings. The van der Waals surface area contributed by atoms with Gasteiger partial charge in [-0.05, 0) is 25.1 Å². The topological polar surface area (TPSA) is 41.8 Å². The minimum Gasteiger partial charge on any atom is -0.486 e. The second-order valence-electron chi connectivity index (χ2n) is 2.70. The molecule has 0 radical (unpaired) electrons. The Balaban J connectivity index is 2.68. The fourth-order valence-corrected chi connectivity index (χ4v) is 1.27. The Morgan fingerprint density at radius 3 is 2.79 bits per heavy atom. The van der Waals surface area contributed by atoms with Crippen LogP contribution in [0.5, 0.6) is 5.75 Å². The Bertz CT molecular complexity index is 353. The lowest BCUT2D eigenvalue weighted by Gasteiger charge is -2.06. The van der Waals surface area contributed by atoms with E-state index in [4.69, 9.17) is 33.1 Å². The fourth-order valence-electron chi connectivity index (χ4n) is 0.803. The van der Waals surface area contributed by atoms with Gasteiger partial charge in [-0.3, -0.25) is 0 Å². The van der Waals surface area contributed by atoms with Gasteiger partial charge in [-0.1, -0.05) is 28.4 Å². The first-order valence-electron chi connectivity index (χ1n) is 3.89. The Kier molecular flexibility index (Phi) is 4.04. The molecule has 0 atom stereocenters. The highest BCUT2D eigenvalue weighted by atomic mass is 35.5. The van der Waals surface area contributed by atoms with Crippen LogP contribution in [-0.4, -0.2) is 17.5 Å². The van der Waals surface area contributed by atoms with Crippen LogP contribution in [0.1, 0.15) is 6.92 Å². The molecule has 0 amide bonds. The van der Waals surface area contributed by atoms with Crippen molar-refractivity contribution in [3.63, 3.8) is 0 Å². The molecule has 14 heavy (non-hydrogen) atoms. The number of hydrogen-bond donors (Lipinski definition) is 1. The zero-order valence-electron chi connectivity index (χ0n) is 7.50. The van der Waals surface area contributed by atoms with Crippen LogP contribution < -0.4 is 4.74 Å². The summed E-state index contributed by atoms with van der Waals surface area (Å²) in [6.07, 6.45) is 0. The highest BCUT2D eigenvalue weighted by molar-refractivity contribution is 6.35. The number of benzene rings is 1. The van der Waals surface area contributed by atoms with Crippen molar-refractivity contribution in [3.8, 4) is 5.75 Å². The minimum absolute atomic E-state index is 0.192. The summed E-state index contributed by atoms with van der Waals surface area (Å²) in [7, 11) is 0. The molecule has 0 aliphatic heterocycles. The molecule has 0 spiro atoms. The maximum absolute atomic E-state index is 8.38. The van der Waals surface area contributed by atoms with E-state index in [1.54, 1.807) is 25.1 Å². The van der Waals surface area contributed by atoms with E-state index in [0.717, 1.165) is 0 Å².